The summed E-state index contributed by atoms with van der Waals surface area (Å²) in [6.07, 6.45) is 1.49. The van der Waals surface area contributed by atoms with Crippen LogP contribution in [0.4, 0.5) is 5.82 Å². The van der Waals surface area contributed by atoms with Gasteiger partial charge < -0.3 is 5.73 Å². The molecule has 4 nitrogen and oxygen atoms in total. The van der Waals surface area contributed by atoms with Crippen LogP contribution in [-0.4, -0.2) is 9.78 Å². The van der Waals surface area contributed by atoms with E-state index in [-0.39, 0.29) is 6.04 Å². The van der Waals surface area contributed by atoms with E-state index in [2.05, 4.69) is 18.1 Å². The molecule has 0 aliphatic carbocycles. The van der Waals surface area contributed by atoms with Crippen molar-refractivity contribution in [2.75, 3.05) is 5.73 Å². The van der Waals surface area contributed by atoms with E-state index >= 15 is 0 Å². The average Bonchev–Trinajstić information content (AvgIpc) is 2.76. The van der Waals surface area contributed by atoms with Gasteiger partial charge in [-0.2, -0.15) is 10.4 Å². The number of nitrogen functional groups attached to an aromatic ring is 1. The fourth-order valence-electron chi connectivity index (χ4n) is 2.05. The number of nitrogens with zero attached hydrogens (tertiary/aromatic N) is 3. The number of rotatable bonds is 4. The highest BCUT2D eigenvalue weighted by atomic mass is 35.5. The van der Waals surface area contributed by atoms with E-state index in [9.17, 15) is 5.26 Å². The number of benzene rings is 1. The maximum Gasteiger partial charge on any atom is 0.140 e. The molecular weight excluding hydrogens is 272 g/mol. The molecule has 1 atom stereocenters. The third-order valence-corrected chi connectivity index (χ3v) is 3.68. The van der Waals surface area contributed by atoms with Crippen LogP contribution in [0.5, 0.6) is 0 Å². The molecule has 2 aromatic rings. The number of hydrogen-bond donors (Lipinski definition) is 1. The molecule has 0 aliphatic rings. The second-order valence-corrected chi connectivity index (χ2v) is 5.26. The summed E-state index contributed by atoms with van der Waals surface area (Å²) >= 11 is 5.87. The molecule has 5 heteroatoms. The third-order valence-electron chi connectivity index (χ3n) is 3.42. The molecule has 0 amide bonds. The van der Waals surface area contributed by atoms with Gasteiger partial charge in [0.2, 0.25) is 0 Å². The van der Waals surface area contributed by atoms with Gasteiger partial charge in [0.15, 0.2) is 0 Å². The Hall–Kier alpha value is -1.99. The van der Waals surface area contributed by atoms with E-state index in [1.807, 2.05) is 31.2 Å². The fraction of sp³-hybridized carbons (Fsp3) is 0.333. The number of nitriles is 1. The van der Waals surface area contributed by atoms with Crippen LogP contribution in [0.25, 0.3) is 0 Å². The van der Waals surface area contributed by atoms with Gasteiger partial charge in [-0.3, -0.25) is 0 Å². The molecule has 2 rings (SSSR count). The van der Waals surface area contributed by atoms with Crippen molar-refractivity contribution in [2.24, 2.45) is 0 Å². The summed E-state index contributed by atoms with van der Waals surface area (Å²) in [6, 6.07) is 9.87. The highest BCUT2D eigenvalue weighted by molar-refractivity contribution is 6.30. The lowest BCUT2D eigenvalue weighted by Gasteiger charge is -2.10. The van der Waals surface area contributed by atoms with Crippen molar-refractivity contribution < 1.29 is 0 Å². The van der Waals surface area contributed by atoms with E-state index in [0.717, 1.165) is 12.0 Å². The molecule has 0 spiro atoms. The lowest BCUT2D eigenvalue weighted by atomic mass is 10.1. The van der Waals surface area contributed by atoms with Crippen molar-refractivity contribution >= 4 is 17.4 Å². The van der Waals surface area contributed by atoms with E-state index in [0.29, 0.717) is 28.5 Å². The quantitative estimate of drug-likeness (QED) is 0.935. The van der Waals surface area contributed by atoms with Crippen LogP contribution in [0.15, 0.2) is 24.3 Å². The van der Waals surface area contributed by atoms with Gasteiger partial charge in [-0.05, 0) is 31.0 Å². The molecule has 104 valence electrons. The van der Waals surface area contributed by atoms with Crippen LogP contribution in [0, 0.1) is 11.3 Å². The van der Waals surface area contributed by atoms with Gasteiger partial charge in [0.1, 0.15) is 17.5 Å². The second-order valence-electron chi connectivity index (χ2n) is 4.82. The normalized spacial score (nSPS) is 12.1. The first-order valence-corrected chi connectivity index (χ1v) is 6.96. The maximum absolute atomic E-state index is 9.28. The SMILES string of the molecule is CC[C@@H](C)n1nc(Cc2ccc(Cl)cc2)c(C#N)c1N. The number of hydrogen-bond acceptors (Lipinski definition) is 3. The molecule has 0 aliphatic heterocycles. The topological polar surface area (TPSA) is 67.6 Å². The summed E-state index contributed by atoms with van der Waals surface area (Å²) in [5.41, 5.74) is 8.27. The van der Waals surface area contributed by atoms with Crippen LogP contribution in [0.3, 0.4) is 0 Å². The van der Waals surface area contributed by atoms with Crippen molar-refractivity contribution in [1.29, 1.82) is 5.26 Å². The highest BCUT2D eigenvalue weighted by Crippen LogP contribution is 2.24. The van der Waals surface area contributed by atoms with Crippen LogP contribution in [0.1, 0.15) is 43.1 Å². The number of anilines is 1. The van der Waals surface area contributed by atoms with E-state index < -0.39 is 0 Å². The average molecular weight is 289 g/mol. The van der Waals surface area contributed by atoms with Gasteiger partial charge in [-0.25, -0.2) is 4.68 Å². The van der Waals surface area contributed by atoms with Gasteiger partial charge >= 0.3 is 0 Å². The molecule has 0 unspecified atom stereocenters. The molecular formula is C15H17ClN4. The van der Waals surface area contributed by atoms with E-state index in [1.54, 1.807) is 4.68 Å². The van der Waals surface area contributed by atoms with Crippen molar-refractivity contribution in [1.82, 2.24) is 9.78 Å². The highest BCUT2D eigenvalue weighted by Gasteiger charge is 2.18. The molecule has 20 heavy (non-hydrogen) atoms. The smallest absolute Gasteiger partial charge is 0.140 e. The monoisotopic (exact) mass is 288 g/mol. The Kier molecular flexibility index (Phi) is 4.31. The summed E-state index contributed by atoms with van der Waals surface area (Å²) in [5, 5.41) is 14.5. The molecule has 1 heterocycles. The molecule has 0 bridgehead atoms. The Balaban J connectivity index is 2.36. The van der Waals surface area contributed by atoms with Crippen LogP contribution < -0.4 is 5.73 Å². The zero-order valence-electron chi connectivity index (χ0n) is 11.6. The molecule has 0 radical (unpaired) electrons. The predicted molar refractivity (Wildman–Crippen MR) is 80.6 cm³/mol. The first-order valence-electron chi connectivity index (χ1n) is 6.58. The minimum absolute atomic E-state index is 0.182. The molecule has 0 fully saturated rings. The zero-order chi connectivity index (χ0) is 14.7. The lowest BCUT2D eigenvalue weighted by molar-refractivity contribution is 0.481. The van der Waals surface area contributed by atoms with Gasteiger partial charge in [-0.15, -0.1) is 0 Å². The van der Waals surface area contributed by atoms with Crippen LogP contribution in [-0.2, 0) is 6.42 Å². The van der Waals surface area contributed by atoms with Crippen molar-refractivity contribution in [3.8, 4) is 6.07 Å². The van der Waals surface area contributed by atoms with Crippen LogP contribution >= 0.6 is 11.6 Å². The molecule has 0 saturated carbocycles. The minimum Gasteiger partial charge on any atom is -0.383 e. The van der Waals surface area contributed by atoms with E-state index in [4.69, 9.17) is 17.3 Å². The Morgan fingerprint density at radius 1 is 1.40 bits per heavy atom. The number of aromatic nitrogens is 2. The summed E-state index contributed by atoms with van der Waals surface area (Å²) in [7, 11) is 0. The van der Waals surface area contributed by atoms with Crippen molar-refractivity contribution in [3.05, 3.63) is 46.1 Å². The summed E-state index contributed by atoms with van der Waals surface area (Å²) in [5.74, 6) is 0.450. The Morgan fingerprint density at radius 3 is 2.60 bits per heavy atom. The Labute approximate surface area is 123 Å². The molecule has 1 aromatic heterocycles. The number of nitrogens with two attached hydrogens (primary N) is 1. The van der Waals surface area contributed by atoms with Crippen LogP contribution in [0.2, 0.25) is 5.02 Å². The zero-order valence-corrected chi connectivity index (χ0v) is 12.4. The minimum atomic E-state index is 0.182. The first-order chi connectivity index (χ1) is 9.56. The molecule has 1 aromatic carbocycles. The second kappa shape index (κ2) is 5.98. The fourth-order valence-corrected chi connectivity index (χ4v) is 2.17. The summed E-state index contributed by atoms with van der Waals surface area (Å²) < 4.78 is 1.74. The standard InChI is InChI=1S/C15H17ClN4/c1-3-10(2)20-15(18)13(9-17)14(19-20)8-11-4-6-12(16)7-5-11/h4-7,10H,3,8,18H2,1-2H3/t10-/m1/s1. The van der Waals surface area contributed by atoms with Crippen molar-refractivity contribution in [3.63, 3.8) is 0 Å². The lowest BCUT2D eigenvalue weighted by Crippen LogP contribution is -2.09. The van der Waals surface area contributed by atoms with Crippen molar-refractivity contribution in [2.45, 2.75) is 32.7 Å². The summed E-state index contributed by atoms with van der Waals surface area (Å²) in [4.78, 5) is 0. The number of halogens is 1. The van der Waals surface area contributed by atoms with Gasteiger partial charge in [0.25, 0.3) is 0 Å². The molecule has 2 N–H and O–H groups in total. The maximum atomic E-state index is 9.28. The van der Waals surface area contributed by atoms with Gasteiger partial charge in [-0.1, -0.05) is 30.7 Å². The third kappa shape index (κ3) is 2.78. The van der Waals surface area contributed by atoms with Gasteiger partial charge in [0.05, 0.1) is 11.7 Å². The van der Waals surface area contributed by atoms with Gasteiger partial charge in [0, 0.05) is 11.4 Å². The largest absolute Gasteiger partial charge is 0.383 e. The molecule has 0 saturated heterocycles. The predicted octanol–water partition coefficient (Wildman–Crippen LogP) is 3.55. The Morgan fingerprint density at radius 2 is 2.05 bits per heavy atom. The Bertz CT molecular complexity index is 637. The summed E-state index contributed by atoms with van der Waals surface area (Å²) in [6.45, 7) is 4.10. The first kappa shape index (κ1) is 14.4. The van der Waals surface area contributed by atoms with E-state index in [1.165, 1.54) is 0 Å².